The van der Waals surface area contributed by atoms with Crippen LogP contribution in [0.15, 0.2) is 18.3 Å². The SMILES string of the molecule is CCOC(=O)Cc1nc2cc(C)ccn2c1N. The summed E-state index contributed by atoms with van der Waals surface area (Å²) >= 11 is 0. The number of fused-ring (bicyclic) bond motifs is 1. The largest absolute Gasteiger partial charge is 0.466 e. The second-order valence-corrected chi connectivity index (χ2v) is 3.86. The molecule has 0 bridgehead atoms. The molecule has 2 aromatic rings. The Kier molecular flexibility index (Phi) is 2.99. The predicted molar refractivity (Wildman–Crippen MR) is 64.7 cm³/mol. The molecule has 0 radical (unpaired) electrons. The predicted octanol–water partition coefficient (Wildman–Crippen LogP) is 1.33. The first-order valence-corrected chi connectivity index (χ1v) is 5.50. The molecule has 2 heterocycles. The zero-order valence-corrected chi connectivity index (χ0v) is 9.93. The second-order valence-electron chi connectivity index (χ2n) is 3.86. The highest BCUT2D eigenvalue weighted by molar-refractivity contribution is 5.74. The van der Waals surface area contributed by atoms with E-state index in [-0.39, 0.29) is 12.4 Å². The maximum Gasteiger partial charge on any atom is 0.312 e. The number of pyridine rings is 1. The van der Waals surface area contributed by atoms with Crippen molar-refractivity contribution in [1.82, 2.24) is 9.38 Å². The number of aromatic nitrogens is 2. The minimum absolute atomic E-state index is 0.112. The van der Waals surface area contributed by atoms with Crippen LogP contribution in [-0.2, 0) is 16.0 Å². The summed E-state index contributed by atoms with van der Waals surface area (Å²) in [5, 5.41) is 0. The number of anilines is 1. The van der Waals surface area contributed by atoms with Crippen molar-refractivity contribution in [2.45, 2.75) is 20.3 Å². The van der Waals surface area contributed by atoms with Gasteiger partial charge in [-0.2, -0.15) is 0 Å². The van der Waals surface area contributed by atoms with Gasteiger partial charge in [-0.3, -0.25) is 9.20 Å². The average Bonchev–Trinajstić information content (AvgIpc) is 2.55. The smallest absolute Gasteiger partial charge is 0.312 e. The van der Waals surface area contributed by atoms with Gasteiger partial charge in [-0.15, -0.1) is 0 Å². The molecule has 5 heteroatoms. The lowest BCUT2D eigenvalue weighted by molar-refractivity contribution is -0.142. The van der Waals surface area contributed by atoms with E-state index in [0.29, 0.717) is 18.1 Å². The topological polar surface area (TPSA) is 69.6 Å². The summed E-state index contributed by atoms with van der Waals surface area (Å²) in [6, 6.07) is 3.87. The van der Waals surface area contributed by atoms with Gasteiger partial charge in [0.25, 0.3) is 0 Å². The van der Waals surface area contributed by atoms with Crippen LogP contribution < -0.4 is 5.73 Å². The van der Waals surface area contributed by atoms with E-state index < -0.39 is 0 Å². The minimum Gasteiger partial charge on any atom is -0.466 e. The monoisotopic (exact) mass is 233 g/mol. The quantitative estimate of drug-likeness (QED) is 0.812. The van der Waals surface area contributed by atoms with Crippen molar-refractivity contribution in [1.29, 1.82) is 0 Å². The lowest BCUT2D eigenvalue weighted by atomic mass is 10.3. The molecule has 0 aromatic carbocycles. The Morgan fingerprint density at radius 1 is 1.59 bits per heavy atom. The maximum atomic E-state index is 11.4. The molecule has 2 aromatic heterocycles. The summed E-state index contributed by atoms with van der Waals surface area (Å²) in [6.07, 6.45) is 1.96. The first kappa shape index (κ1) is 11.4. The van der Waals surface area contributed by atoms with Crippen LogP contribution >= 0.6 is 0 Å². The van der Waals surface area contributed by atoms with Gasteiger partial charge in [-0.05, 0) is 31.5 Å². The standard InChI is InChI=1S/C12H15N3O2/c1-3-17-11(16)7-9-12(13)15-5-4-8(2)6-10(15)14-9/h4-6H,3,7,13H2,1-2H3. The highest BCUT2D eigenvalue weighted by Crippen LogP contribution is 2.16. The van der Waals surface area contributed by atoms with E-state index in [0.717, 1.165) is 11.2 Å². The molecule has 0 aliphatic rings. The summed E-state index contributed by atoms with van der Waals surface area (Å²) < 4.78 is 6.64. The van der Waals surface area contributed by atoms with Crippen LogP contribution in [0.25, 0.3) is 5.65 Å². The summed E-state index contributed by atoms with van der Waals surface area (Å²) in [4.78, 5) is 15.7. The van der Waals surface area contributed by atoms with Gasteiger partial charge >= 0.3 is 5.97 Å². The summed E-state index contributed by atoms with van der Waals surface area (Å²) in [7, 11) is 0. The number of carbonyl (C=O) groups is 1. The third kappa shape index (κ3) is 2.22. The van der Waals surface area contributed by atoms with Crippen LogP contribution in [0.4, 0.5) is 5.82 Å². The molecule has 2 rings (SSSR count). The number of aryl methyl sites for hydroxylation is 1. The normalized spacial score (nSPS) is 10.7. The molecule has 2 N–H and O–H groups in total. The number of carbonyl (C=O) groups excluding carboxylic acids is 1. The summed E-state index contributed by atoms with van der Waals surface area (Å²) in [5.74, 6) is 0.187. The Balaban J connectivity index is 2.35. The van der Waals surface area contributed by atoms with Crippen LogP contribution in [-0.4, -0.2) is 22.0 Å². The van der Waals surface area contributed by atoms with E-state index in [2.05, 4.69) is 4.98 Å². The van der Waals surface area contributed by atoms with Crippen LogP contribution in [0.2, 0.25) is 0 Å². The van der Waals surface area contributed by atoms with Gasteiger partial charge in [0.2, 0.25) is 0 Å². The first-order valence-electron chi connectivity index (χ1n) is 5.50. The molecule has 0 saturated heterocycles. The maximum absolute atomic E-state index is 11.4. The third-order valence-electron chi connectivity index (χ3n) is 2.51. The van der Waals surface area contributed by atoms with Gasteiger partial charge in [-0.1, -0.05) is 0 Å². The highest BCUT2D eigenvalue weighted by atomic mass is 16.5. The molecule has 17 heavy (non-hydrogen) atoms. The van der Waals surface area contributed by atoms with Gasteiger partial charge in [0.1, 0.15) is 11.5 Å². The Labute approximate surface area is 99.2 Å². The van der Waals surface area contributed by atoms with Gasteiger partial charge in [-0.25, -0.2) is 4.98 Å². The number of hydrogen-bond acceptors (Lipinski definition) is 4. The second kappa shape index (κ2) is 4.45. The van der Waals surface area contributed by atoms with E-state index in [1.807, 2.05) is 25.3 Å². The fourth-order valence-electron chi connectivity index (χ4n) is 1.69. The molecule has 0 fully saturated rings. The Morgan fingerprint density at radius 2 is 2.35 bits per heavy atom. The van der Waals surface area contributed by atoms with Crippen molar-refractivity contribution in [3.63, 3.8) is 0 Å². The molecular formula is C12H15N3O2. The van der Waals surface area contributed by atoms with Crippen LogP contribution in [0.5, 0.6) is 0 Å². The molecule has 0 unspecified atom stereocenters. The zero-order chi connectivity index (χ0) is 12.4. The number of nitrogen functional groups attached to an aromatic ring is 1. The van der Waals surface area contributed by atoms with E-state index in [1.165, 1.54) is 0 Å². The van der Waals surface area contributed by atoms with Crippen molar-refractivity contribution < 1.29 is 9.53 Å². The summed E-state index contributed by atoms with van der Waals surface area (Å²) in [5.41, 5.74) is 8.34. The fraction of sp³-hybridized carbons (Fsp3) is 0.333. The summed E-state index contributed by atoms with van der Waals surface area (Å²) in [6.45, 7) is 4.12. The lowest BCUT2D eigenvalue weighted by Crippen LogP contribution is -2.09. The van der Waals surface area contributed by atoms with Crippen LogP contribution in [0, 0.1) is 6.92 Å². The zero-order valence-electron chi connectivity index (χ0n) is 9.93. The van der Waals surface area contributed by atoms with Crippen LogP contribution in [0.1, 0.15) is 18.2 Å². The average molecular weight is 233 g/mol. The van der Waals surface area contributed by atoms with Gasteiger partial charge in [0.15, 0.2) is 0 Å². The molecular weight excluding hydrogens is 218 g/mol. The van der Waals surface area contributed by atoms with Crippen LogP contribution in [0.3, 0.4) is 0 Å². The van der Waals surface area contributed by atoms with E-state index in [9.17, 15) is 4.79 Å². The highest BCUT2D eigenvalue weighted by Gasteiger charge is 2.13. The Hall–Kier alpha value is -2.04. The van der Waals surface area contributed by atoms with E-state index in [4.69, 9.17) is 10.5 Å². The molecule has 0 saturated carbocycles. The van der Waals surface area contributed by atoms with Crippen molar-refractivity contribution in [2.75, 3.05) is 12.3 Å². The van der Waals surface area contributed by atoms with Gasteiger partial charge in [0, 0.05) is 6.20 Å². The van der Waals surface area contributed by atoms with Gasteiger partial charge < -0.3 is 10.5 Å². The minimum atomic E-state index is -0.306. The van der Waals surface area contributed by atoms with Crippen molar-refractivity contribution in [3.8, 4) is 0 Å². The number of rotatable bonds is 3. The molecule has 0 atom stereocenters. The molecule has 90 valence electrons. The third-order valence-corrected chi connectivity index (χ3v) is 2.51. The Morgan fingerprint density at radius 3 is 3.06 bits per heavy atom. The molecule has 0 aliphatic heterocycles. The van der Waals surface area contributed by atoms with Crippen molar-refractivity contribution in [3.05, 3.63) is 29.6 Å². The number of hydrogen-bond donors (Lipinski definition) is 1. The van der Waals surface area contributed by atoms with Crippen molar-refractivity contribution >= 4 is 17.4 Å². The fourth-order valence-corrected chi connectivity index (χ4v) is 1.69. The molecule has 0 amide bonds. The first-order chi connectivity index (χ1) is 8.11. The Bertz CT molecular complexity index is 560. The number of imidazole rings is 1. The molecule has 0 aliphatic carbocycles. The van der Waals surface area contributed by atoms with E-state index in [1.54, 1.807) is 11.3 Å². The van der Waals surface area contributed by atoms with E-state index >= 15 is 0 Å². The lowest BCUT2D eigenvalue weighted by Gasteiger charge is -2.00. The molecule has 0 spiro atoms. The number of esters is 1. The van der Waals surface area contributed by atoms with Crippen molar-refractivity contribution in [2.24, 2.45) is 0 Å². The number of ether oxygens (including phenoxy) is 1. The molecule has 5 nitrogen and oxygen atoms in total. The number of nitrogens with zero attached hydrogens (tertiary/aromatic N) is 2. The number of nitrogens with two attached hydrogens (primary N) is 1. The van der Waals surface area contributed by atoms with Gasteiger partial charge in [0.05, 0.1) is 18.7 Å².